The summed E-state index contributed by atoms with van der Waals surface area (Å²) in [5, 5.41) is 19.1. The molecule has 0 amide bonds. The molecule has 3 heteroatoms. The van der Waals surface area contributed by atoms with Crippen molar-refractivity contribution in [1.29, 1.82) is 5.26 Å². The van der Waals surface area contributed by atoms with E-state index in [0.29, 0.717) is 4.83 Å². The van der Waals surface area contributed by atoms with Gasteiger partial charge in [-0.05, 0) is 31.4 Å². The predicted molar refractivity (Wildman–Crippen MR) is 62.1 cm³/mol. The molecule has 0 atom stereocenters. The first-order valence-corrected chi connectivity index (χ1v) is 5.84. The van der Waals surface area contributed by atoms with E-state index in [0.717, 1.165) is 24.0 Å². The molecule has 0 aromatic heterocycles. The topological polar surface area (TPSA) is 44.0 Å². The first-order valence-electron chi connectivity index (χ1n) is 4.93. The van der Waals surface area contributed by atoms with Crippen LogP contribution in [0.3, 0.4) is 0 Å². The summed E-state index contributed by atoms with van der Waals surface area (Å²) in [6.07, 6.45) is 1.56. The molecule has 0 unspecified atom stereocenters. The number of nitriles is 1. The number of nitrogens with zero attached hydrogens (tertiary/aromatic N) is 1. The molecule has 0 aliphatic heterocycles. The van der Waals surface area contributed by atoms with Gasteiger partial charge in [0.1, 0.15) is 5.75 Å². The van der Waals surface area contributed by atoms with E-state index in [1.54, 1.807) is 6.07 Å². The smallest absolute Gasteiger partial charge is 0.120 e. The average Bonchev–Trinajstić information content (AvgIpc) is 2.13. The zero-order valence-corrected chi connectivity index (χ0v) is 10.1. The van der Waals surface area contributed by atoms with Gasteiger partial charge < -0.3 is 5.11 Å². The highest BCUT2D eigenvalue weighted by Crippen LogP contribution is 2.49. The van der Waals surface area contributed by atoms with Crippen LogP contribution in [0, 0.1) is 18.3 Å². The minimum Gasteiger partial charge on any atom is -0.508 e. The van der Waals surface area contributed by atoms with E-state index >= 15 is 0 Å². The number of alkyl halides is 1. The molecule has 1 aliphatic rings. The molecule has 0 bridgehead atoms. The number of hydrogen-bond donors (Lipinski definition) is 1. The van der Waals surface area contributed by atoms with E-state index in [4.69, 9.17) is 0 Å². The predicted octanol–water partition coefficient (Wildman–Crippen LogP) is 3.02. The number of hydrogen-bond acceptors (Lipinski definition) is 2. The Morgan fingerprint density at radius 2 is 2.20 bits per heavy atom. The van der Waals surface area contributed by atoms with Crippen LogP contribution in [0.4, 0.5) is 0 Å². The fourth-order valence-corrected chi connectivity index (χ4v) is 3.22. The highest BCUT2D eigenvalue weighted by atomic mass is 79.9. The summed E-state index contributed by atoms with van der Waals surface area (Å²) in [5.74, 6) is 0.246. The molecule has 0 heterocycles. The monoisotopic (exact) mass is 265 g/mol. The van der Waals surface area contributed by atoms with Gasteiger partial charge in [-0.1, -0.05) is 28.1 Å². The molecule has 0 spiro atoms. The molecule has 1 N–H and O–H groups in total. The van der Waals surface area contributed by atoms with Crippen molar-refractivity contribution in [2.45, 2.75) is 30.0 Å². The van der Waals surface area contributed by atoms with Gasteiger partial charge in [-0.2, -0.15) is 5.26 Å². The van der Waals surface area contributed by atoms with Crippen molar-refractivity contribution in [3.63, 3.8) is 0 Å². The molecule has 78 valence electrons. The SMILES string of the molecule is Cc1ccc(C2(C#N)CC(Br)C2)c(O)c1. The highest BCUT2D eigenvalue weighted by molar-refractivity contribution is 9.09. The lowest BCUT2D eigenvalue weighted by molar-refractivity contribution is 0.327. The Balaban J connectivity index is 2.41. The normalized spacial score (nSPS) is 29.3. The van der Waals surface area contributed by atoms with E-state index in [9.17, 15) is 10.4 Å². The second-order valence-electron chi connectivity index (χ2n) is 4.22. The number of aromatic hydroxyl groups is 1. The minimum absolute atomic E-state index is 0.246. The average molecular weight is 266 g/mol. The fourth-order valence-electron chi connectivity index (χ4n) is 2.11. The van der Waals surface area contributed by atoms with Gasteiger partial charge in [0.05, 0.1) is 11.5 Å². The third-order valence-electron chi connectivity index (χ3n) is 3.02. The summed E-state index contributed by atoms with van der Waals surface area (Å²) >= 11 is 3.48. The fraction of sp³-hybridized carbons (Fsp3) is 0.417. The van der Waals surface area contributed by atoms with Crippen molar-refractivity contribution in [3.8, 4) is 11.8 Å². The third kappa shape index (κ3) is 1.63. The molecule has 1 aromatic carbocycles. The molecular formula is C12H12BrNO. The Morgan fingerprint density at radius 3 is 2.67 bits per heavy atom. The van der Waals surface area contributed by atoms with Gasteiger partial charge in [0.2, 0.25) is 0 Å². The van der Waals surface area contributed by atoms with E-state index in [1.165, 1.54) is 0 Å². The number of rotatable bonds is 1. The minimum atomic E-state index is -0.480. The lowest BCUT2D eigenvalue weighted by Crippen LogP contribution is -2.40. The lowest BCUT2D eigenvalue weighted by atomic mass is 9.65. The van der Waals surface area contributed by atoms with Crippen LogP contribution in [0.1, 0.15) is 24.0 Å². The molecule has 1 aliphatic carbocycles. The van der Waals surface area contributed by atoms with E-state index in [1.807, 2.05) is 19.1 Å². The molecule has 2 nitrogen and oxygen atoms in total. The van der Waals surface area contributed by atoms with Gasteiger partial charge in [0, 0.05) is 10.4 Å². The van der Waals surface area contributed by atoms with Crippen molar-refractivity contribution in [2.24, 2.45) is 0 Å². The maximum atomic E-state index is 9.84. The Morgan fingerprint density at radius 1 is 1.53 bits per heavy atom. The van der Waals surface area contributed by atoms with Crippen LogP contribution in [0.5, 0.6) is 5.75 Å². The maximum absolute atomic E-state index is 9.84. The summed E-state index contributed by atoms with van der Waals surface area (Å²) in [6, 6.07) is 7.86. The molecule has 0 saturated heterocycles. The highest BCUT2D eigenvalue weighted by Gasteiger charge is 2.46. The van der Waals surface area contributed by atoms with Crippen molar-refractivity contribution in [3.05, 3.63) is 29.3 Å². The largest absolute Gasteiger partial charge is 0.508 e. The summed E-state index contributed by atoms with van der Waals surface area (Å²) in [4.78, 5) is 0.401. The van der Waals surface area contributed by atoms with Crippen LogP contribution >= 0.6 is 15.9 Å². The number of phenols is 1. The van der Waals surface area contributed by atoms with Gasteiger partial charge >= 0.3 is 0 Å². The number of benzene rings is 1. The van der Waals surface area contributed by atoms with Gasteiger partial charge in [0.25, 0.3) is 0 Å². The van der Waals surface area contributed by atoms with Crippen LogP contribution in [0.25, 0.3) is 0 Å². The van der Waals surface area contributed by atoms with Crippen LogP contribution in [0.15, 0.2) is 18.2 Å². The molecule has 0 radical (unpaired) electrons. The molecule has 1 saturated carbocycles. The quantitative estimate of drug-likeness (QED) is 0.794. The van der Waals surface area contributed by atoms with Gasteiger partial charge in [-0.25, -0.2) is 0 Å². The Labute approximate surface area is 97.7 Å². The maximum Gasteiger partial charge on any atom is 0.120 e. The lowest BCUT2D eigenvalue weighted by Gasteiger charge is -2.40. The number of phenolic OH excluding ortho intramolecular Hbond substituents is 1. The Kier molecular flexibility index (Phi) is 2.47. The van der Waals surface area contributed by atoms with E-state index < -0.39 is 5.41 Å². The van der Waals surface area contributed by atoms with Crippen molar-refractivity contribution in [1.82, 2.24) is 0 Å². The number of aryl methyl sites for hydroxylation is 1. The van der Waals surface area contributed by atoms with E-state index in [2.05, 4.69) is 22.0 Å². The van der Waals surface area contributed by atoms with Gasteiger partial charge in [-0.3, -0.25) is 0 Å². The van der Waals surface area contributed by atoms with Crippen LogP contribution in [-0.4, -0.2) is 9.93 Å². The first-order chi connectivity index (χ1) is 7.07. The van der Waals surface area contributed by atoms with Gasteiger partial charge in [0.15, 0.2) is 0 Å². The third-order valence-corrected chi connectivity index (χ3v) is 3.67. The zero-order valence-electron chi connectivity index (χ0n) is 8.50. The van der Waals surface area contributed by atoms with E-state index in [-0.39, 0.29) is 5.75 Å². The van der Waals surface area contributed by atoms with Crippen LogP contribution < -0.4 is 0 Å². The second kappa shape index (κ2) is 3.53. The summed E-state index contributed by atoms with van der Waals surface area (Å²) in [6.45, 7) is 1.93. The molecule has 15 heavy (non-hydrogen) atoms. The number of halogens is 1. The summed E-state index contributed by atoms with van der Waals surface area (Å²) in [7, 11) is 0. The van der Waals surface area contributed by atoms with Crippen molar-refractivity contribution < 1.29 is 5.11 Å². The van der Waals surface area contributed by atoms with Crippen molar-refractivity contribution >= 4 is 15.9 Å². The summed E-state index contributed by atoms with van der Waals surface area (Å²) in [5.41, 5.74) is 1.30. The molecular weight excluding hydrogens is 254 g/mol. The second-order valence-corrected chi connectivity index (χ2v) is 5.52. The van der Waals surface area contributed by atoms with Crippen LogP contribution in [-0.2, 0) is 5.41 Å². The van der Waals surface area contributed by atoms with Crippen LogP contribution in [0.2, 0.25) is 0 Å². The first kappa shape index (κ1) is 10.5. The Bertz CT molecular complexity index is 430. The zero-order chi connectivity index (χ0) is 11.1. The Hall–Kier alpha value is -1.01. The van der Waals surface area contributed by atoms with Crippen molar-refractivity contribution in [2.75, 3.05) is 0 Å². The molecule has 2 rings (SSSR count). The van der Waals surface area contributed by atoms with Gasteiger partial charge in [-0.15, -0.1) is 0 Å². The molecule has 1 fully saturated rings. The molecule has 1 aromatic rings. The standard InChI is InChI=1S/C12H12BrNO/c1-8-2-3-10(11(15)4-8)12(7-14)5-9(13)6-12/h2-4,9,15H,5-6H2,1H3. The summed E-state index contributed by atoms with van der Waals surface area (Å²) < 4.78 is 0.